The van der Waals surface area contributed by atoms with Gasteiger partial charge in [-0.15, -0.1) is 0 Å². The van der Waals surface area contributed by atoms with Crippen molar-refractivity contribution in [2.45, 2.75) is 0 Å². The van der Waals surface area contributed by atoms with Crippen LogP contribution >= 0.6 is 11.6 Å². The summed E-state index contributed by atoms with van der Waals surface area (Å²) in [6, 6.07) is 17.8. The largest absolute Gasteiger partial charge is 0.423 e. The zero-order chi connectivity index (χ0) is 22.9. The molecule has 3 aromatic rings. The number of carbonyl (C=O) groups is 3. The molecule has 3 aromatic carbocycles. The fraction of sp³-hybridized carbons (Fsp3) is 0.0435. The molecule has 0 aliphatic heterocycles. The number of benzene rings is 3. The first-order valence-electron chi connectivity index (χ1n) is 9.34. The van der Waals surface area contributed by atoms with E-state index in [9.17, 15) is 18.8 Å². The highest BCUT2D eigenvalue weighted by Gasteiger charge is 2.09. The number of esters is 1. The van der Waals surface area contributed by atoms with Gasteiger partial charge in [0, 0.05) is 10.6 Å². The third-order valence-electron chi connectivity index (χ3n) is 4.07. The lowest BCUT2D eigenvalue weighted by Gasteiger charge is -2.05. The van der Waals surface area contributed by atoms with Gasteiger partial charge in [0.25, 0.3) is 11.8 Å². The van der Waals surface area contributed by atoms with Crippen LogP contribution in [0.25, 0.3) is 0 Å². The zero-order valence-corrected chi connectivity index (χ0v) is 17.3. The second-order valence-electron chi connectivity index (χ2n) is 6.45. The van der Waals surface area contributed by atoms with E-state index in [0.717, 1.165) is 12.1 Å². The van der Waals surface area contributed by atoms with Crippen LogP contribution in [0.3, 0.4) is 0 Å². The van der Waals surface area contributed by atoms with Gasteiger partial charge in [0.2, 0.25) is 0 Å². The number of halogens is 2. The van der Waals surface area contributed by atoms with Crippen molar-refractivity contribution in [3.05, 3.63) is 100 Å². The summed E-state index contributed by atoms with van der Waals surface area (Å²) >= 11 is 5.81. The summed E-state index contributed by atoms with van der Waals surface area (Å²) in [7, 11) is 0. The average molecular weight is 454 g/mol. The molecule has 0 heterocycles. The molecule has 2 N–H and O–H groups in total. The summed E-state index contributed by atoms with van der Waals surface area (Å²) in [6.07, 6.45) is 1.36. The summed E-state index contributed by atoms with van der Waals surface area (Å²) in [4.78, 5) is 35.9. The molecule has 0 saturated carbocycles. The van der Waals surface area contributed by atoms with Crippen LogP contribution in [0.2, 0.25) is 5.02 Å². The van der Waals surface area contributed by atoms with Crippen molar-refractivity contribution in [2.75, 3.05) is 6.54 Å². The van der Waals surface area contributed by atoms with Gasteiger partial charge in [-0.05, 0) is 66.2 Å². The van der Waals surface area contributed by atoms with Gasteiger partial charge in [-0.25, -0.2) is 14.6 Å². The lowest BCUT2D eigenvalue weighted by atomic mass is 10.2. The van der Waals surface area contributed by atoms with E-state index < -0.39 is 23.6 Å². The molecule has 0 unspecified atom stereocenters. The number of hydrazone groups is 1. The molecule has 0 aliphatic rings. The maximum absolute atomic E-state index is 12.9. The topological polar surface area (TPSA) is 96.9 Å². The van der Waals surface area contributed by atoms with Crippen molar-refractivity contribution in [3.63, 3.8) is 0 Å². The average Bonchev–Trinajstić information content (AvgIpc) is 2.78. The fourth-order valence-corrected chi connectivity index (χ4v) is 2.62. The molecule has 0 fully saturated rings. The Morgan fingerprint density at radius 1 is 0.969 bits per heavy atom. The smallest absolute Gasteiger partial charge is 0.343 e. The second-order valence-corrected chi connectivity index (χ2v) is 6.89. The molecule has 0 saturated heterocycles. The normalized spacial score (nSPS) is 10.6. The van der Waals surface area contributed by atoms with E-state index in [4.69, 9.17) is 16.3 Å². The van der Waals surface area contributed by atoms with E-state index in [1.165, 1.54) is 18.3 Å². The van der Waals surface area contributed by atoms with Crippen molar-refractivity contribution in [2.24, 2.45) is 5.10 Å². The van der Waals surface area contributed by atoms with Gasteiger partial charge >= 0.3 is 5.97 Å². The van der Waals surface area contributed by atoms with Gasteiger partial charge in [0.05, 0.1) is 18.3 Å². The van der Waals surface area contributed by atoms with Gasteiger partial charge in [0.1, 0.15) is 11.6 Å². The standard InChI is InChI=1S/C23H17ClFN3O4/c24-18-8-4-17(5-9-18)23(31)32-20-3-1-2-15(12-20)13-27-28-21(29)14-26-22(30)16-6-10-19(25)11-7-16/h1-13H,14H2,(H,26,30)(H,28,29)/b27-13+. The van der Waals surface area contributed by atoms with Gasteiger partial charge in [0.15, 0.2) is 0 Å². The molecule has 0 atom stereocenters. The molecule has 9 heteroatoms. The Balaban J connectivity index is 1.49. The number of nitrogens with zero attached hydrogens (tertiary/aromatic N) is 1. The van der Waals surface area contributed by atoms with E-state index >= 15 is 0 Å². The Bertz CT molecular complexity index is 1150. The summed E-state index contributed by atoms with van der Waals surface area (Å²) in [6.45, 7) is -0.313. The number of amides is 2. The highest BCUT2D eigenvalue weighted by Crippen LogP contribution is 2.16. The maximum Gasteiger partial charge on any atom is 0.343 e. The predicted molar refractivity (Wildman–Crippen MR) is 117 cm³/mol. The van der Waals surface area contributed by atoms with Crippen LogP contribution in [-0.2, 0) is 4.79 Å². The van der Waals surface area contributed by atoms with Crippen molar-refractivity contribution in [1.82, 2.24) is 10.7 Å². The first-order chi connectivity index (χ1) is 15.4. The third-order valence-corrected chi connectivity index (χ3v) is 4.32. The lowest BCUT2D eigenvalue weighted by Crippen LogP contribution is -2.34. The molecule has 0 spiro atoms. The molecule has 7 nitrogen and oxygen atoms in total. The van der Waals surface area contributed by atoms with Crippen molar-refractivity contribution >= 4 is 35.6 Å². The minimum Gasteiger partial charge on any atom is -0.423 e. The summed E-state index contributed by atoms with van der Waals surface area (Å²) in [5.41, 5.74) is 3.43. The third kappa shape index (κ3) is 6.75. The Labute approximate surface area is 187 Å². The summed E-state index contributed by atoms with van der Waals surface area (Å²) < 4.78 is 18.2. The van der Waals surface area contributed by atoms with Gasteiger partial charge in [-0.1, -0.05) is 23.7 Å². The zero-order valence-electron chi connectivity index (χ0n) is 16.5. The molecule has 32 heavy (non-hydrogen) atoms. The van der Waals surface area contributed by atoms with Crippen LogP contribution in [0.5, 0.6) is 5.75 Å². The van der Waals surface area contributed by atoms with Crippen LogP contribution in [0.15, 0.2) is 77.9 Å². The maximum atomic E-state index is 12.9. The first kappa shape index (κ1) is 22.6. The van der Waals surface area contributed by atoms with Crippen LogP contribution < -0.4 is 15.5 Å². The second kappa shape index (κ2) is 10.8. The Morgan fingerprint density at radius 2 is 1.66 bits per heavy atom. The number of ether oxygens (including phenoxy) is 1. The predicted octanol–water partition coefficient (Wildman–Crippen LogP) is 3.58. The van der Waals surface area contributed by atoms with E-state index in [2.05, 4.69) is 15.8 Å². The molecule has 0 bridgehead atoms. The van der Waals surface area contributed by atoms with Crippen molar-refractivity contribution in [1.29, 1.82) is 0 Å². The van der Waals surface area contributed by atoms with Gasteiger partial charge in [-0.3, -0.25) is 9.59 Å². The monoisotopic (exact) mass is 453 g/mol. The number of nitrogens with one attached hydrogen (secondary N) is 2. The molecule has 3 rings (SSSR count). The molecule has 0 radical (unpaired) electrons. The Morgan fingerprint density at radius 3 is 2.38 bits per heavy atom. The first-order valence-corrected chi connectivity index (χ1v) is 9.72. The fourth-order valence-electron chi connectivity index (χ4n) is 2.49. The highest BCUT2D eigenvalue weighted by atomic mass is 35.5. The van der Waals surface area contributed by atoms with E-state index in [0.29, 0.717) is 21.9 Å². The summed E-state index contributed by atoms with van der Waals surface area (Å²) in [5.74, 6) is -1.77. The van der Waals surface area contributed by atoms with Crippen LogP contribution in [-0.4, -0.2) is 30.5 Å². The number of hydrogen-bond acceptors (Lipinski definition) is 5. The number of rotatable bonds is 7. The highest BCUT2D eigenvalue weighted by molar-refractivity contribution is 6.30. The molecule has 162 valence electrons. The van der Waals surface area contributed by atoms with Gasteiger partial charge in [-0.2, -0.15) is 5.10 Å². The minimum atomic E-state index is -0.554. The van der Waals surface area contributed by atoms with Crippen LogP contribution in [0, 0.1) is 5.82 Å². The number of hydrogen-bond donors (Lipinski definition) is 2. The van der Waals surface area contributed by atoms with E-state index in [1.807, 2.05) is 0 Å². The quantitative estimate of drug-likeness (QED) is 0.247. The van der Waals surface area contributed by atoms with E-state index in [-0.39, 0.29) is 12.1 Å². The number of carbonyl (C=O) groups excluding carboxylic acids is 3. The molecule has 2 amide bonds. The lowest BCUT2D eigenvalue weighted by molar-refractivity contribution is -0.120. The molecule has 0 aliphatic carbocycles. The Hall–Kier alpha value is -4.04. The Kier molecular flexibility index (Phi) is 7.66. The SMILES string of the molecule is O=C(CNC(=O)c1ccc(F)cc1)N/N=C/c1cccc(OC(=O)c2ccc(Cl)cc2)c1. The van der Waals surface area contributed by atoms with Crippen molar-refractivity contribution in [3.8, 4) is 5.75 Å². The summed E-state index contributed by atoms with van der Waals surface area (Å²) in [5, 5.41) is 6.73. The van der Waals surface area contributed by atoms with E-state index in [1.54, 1.807) is 48.5 Å². The minimum absolute atomic E-state index is 0.229. The van der Waals surface area contributed by atoms with Crippen molar-refractivity contribution < 1.29 is 23.5 Å². The van der Waals surface area contributed by atoms with Gasteiger partial charge < -0.3 is 10.1 Å². The van der Waals surface area contributed by atoms with Crippen LogP contribution in [0.1, 0.15) is 26.3 Å². The molecular formula is C23H17ClFN3O4. The van der Waals surface area contributed by atoms with Crippen LogP contribution in [0.4, 0.5) is 4.39 Å². The molecule has 0 aromatic heterocycles. The molecular weight excluding hydrogens is 437 g/mol.